The molecule has 40 heavy (non-hydrogen) atoms. The third kappa shape index (κ3) is 6.21. The van der Waals surface area contributed by atoms with Gasteiger partial charge in [0, 0.05) is 32.3 Å². The first-order valence-corrected chi connectivity index (χ1v) is 14.1. The highest BCUT2D eigenvalue weighted by Crippen LogP contribution is 2.36. The Hall–Kier alpha value is -3.69. The molecule has 5 rings (SSSR count). The normalized spacial score (nSPS) is 21.4. The lowest BCUT2D eigenvalue weighted by atomic mass is 9.91. The monoisotopic (exact) mass is 546 g/mol. The van der Waals surface area contributed by atoms with E-state index in [1.807, 2.05) is 65.6 Å². The number of carboxylic acid groups (broad SMARTS) is 1. The van der Waals surface area contributed by atoms with E-state index < -0.39 is 6.09 Å². The lowest BCUT2D eigenvalue weighted by Crippen LogP contribution is -2.57. The summed E-state index contributed by atoms with van der Waals surface area (Å²) in [5.74, 6) is -0.170. The van der Waals surface area contributed by atoms with E-state index in [2.05, 4.69) is 4.57 Å². The van der Waals surface area contributed by atoms with Crippen LogP contribution in [0, 0.1) is 0 Å². The first-order valence-electron chi connectivity index (χ1n) is 14.1. The van der Waals surface area contributed by atoms with Gasteiger partial charge in [0.05, 0.1) is 43.4 Å². The van der Waals surface area contributed by atoms with Crippen molar-refractivity contribution in [2.24, 2.45) is 0 Å². The van der Waals surface area contributed by atoms with Crippen molar-refractivity contribution in [2.45, 2.75) is 50.3 Å². The minimum Gasteiger partial charge on any atom is -0.465 e. The predicted molar refractivity (Wildman–Crippen MR) is 151 cm³/mol. The topological polar surface area (TPSA) is 97.1 Å². The van der Waals surface area contributed by atoms with Gasteiger partial charge in [-0.1, -0.05) is 73.5 Å². The van der Waals surface area contributed by atoms with Crippen molar-refractivity contribution in [3.8, 4) is 11.3 Å². The zero-order chi connectivity index (χ0) is 27.9. The fourth-order valence-electron chi connectivity index (χ4n) is 6.02. The highest BCUT2D eigenvalue weighted by Gasteiger charge is 2.37. The van der Waals surface area contributed by atoms with E-state index in [-0.39, 0.29) is 37.2 Å². The minimum absolute atomic E-state index is 0.00783. The van der Waals surface area contributed by atoms with Crippen molar-refractivity contribution in [2.75, 3.05) is 40.0 Å². The Labute approximate surface area is 235 Å². The van der Waals surface area contributed by atoms with Crippen molar-refractivity contribution in [1.82, 2.24) is 19.4 Å². The highest BCUT2D eigenvalue weighted by molar-refractivity contribution is 5.98. The van der Waals surface area contributed by atoms with Gasteiger partial charge in [-0.3, -0.25) is 4.79 Å². The standard InChI is InChI=1S/C31H38N4O5/c1-39-18-19-40-27-15-9-8-14-26(27)35-22-32-28(29(35)24-12-6-3-7-13-24)30(36)34-17-16-33(31(37)38)21-25(34)20-23-10-4-2-5-11-23/h2-7,10-13,22,25-27H,8-9,14-21H2,1H3,(H,37,38)/t25-,26+,27+/m1/s1. The SMILES string of the molecule is COCCO[C@H]1CCCC[C@@H]1n1cnc(C(=O)N2CCN(C(=O)O)C[C@H]2Cc2ccccc2)c1-c1ccccc1. The van der Waals surface area contributed by atoms with Crippen LogP contribution >= 0.6 is 0 Å². The molecule has 1 aliphatic heterocycles. The fourth-order valence-corrected chi connectivity index (χ4v) is 6.02. The third-order valence-corrected chi connectivity index (χ3v) is 8.02. The van der Waals surface area contributed by atoms with Crippen molar-refractivity contribution in [3.63, 3.8) is 0 Å². The number of methoxy groups -OCH3 is 1. The van der Waals surface area contributed by atoms with Crippen molar-refractivity contribution in [1.29, 1.82) is 0 Å². The lowest BCUT2D eigenvalue weighted by molar-refractivity contribution is -0.0264. The second kappa shape index (κ2) is 13.1. The Bertz CT molecular complexity index is 1270. The molecule has 2 aromatic carbocycles. The van der Waals surface area contributed by atoms with E-state index in [9.17, 15) is 14.7 Å². The first-order chi connectivity index (χ1) is 19.6. The van der Waals surface area contributed by atoms with Gasteiger partial charge in [-0.25, -0.2) is 9.78 Å². The van der Waals surface area contributed by atoms with Gasteiger partial charge < -0.3 is 28.9 Å². The summed E-state index contributed by atoms with van der Waals surface area (Å²) >= 11 is 0. The second-order valence-corrected chi connectivity index (χ2v) is 10.5. The fraction of sp³-hybridized carbons (Fsp3) is 0.452. The van der Waals surface area contributed by atoms with Crippen LogP contribution in [0.5, 0.6) is 0 Å². The number of imidazole rings is 1. The zero-order valence-electron chi connectivity index (χ0n) is 23.0. The van der Waals surface area contributed by atoms with Gasteiger partial charge in [-0.2, -0.15) is 0 Å². The average Bonchev–Trinajstić information content (AvgIpc) is 3.43. The van der Waals surface area contributed by atoms with Gasteiger partial charge in [0.15, 0.2) is 5.69 Å². The summed E-state index contributed by atoms with van der Waals surface area (Å²) in [6, 6.07) is 19.6. The predicted octanol–water partition coefficient (Wildman–Crippen LogP) is 4.74. The molecule has 2 heterocycles. The first kappa shape index (κ1) is 27.9. The molecule has 212 valence electrons. The summed E-state index contributed by atoms with van der Waals surface area (Å²) in [7, 11) is 1.67. The molecule has 1 aliphatic carbocycles. The summed E-state index contributed by atoms with van der Waals surface area (Å²) in [6.07, 6.45) is 5.47. The Kier molecular flexibility index (Phi) is 9.13. The molecular formula is C31H38N4O5. The van der Waals surface area contributed by atoms with Crippen LogP contribution in [0.4, 0.5) is 4.79 Å². The molecular weight excluding hydrogens is 508 g/mol. The maximum atomic E-state index is 14.3. The molecule has 0 spiro atoms. The van der Waals surface area contributed by atoms with Crippen molar-refractivity contribution < 1.29 is 24.2 Å². The number of ether oxygens (including phenoxy) is 2. The molecule has 1 saturated carbocycles. The molecule has 0 radical (unpaired) electrons. The number of amides is 2. The highest BCUT2D eigenvalue weighted by atomic mass is 16.5. The smallest absolute Gasteiger partial charge is 0.407 e. The van der Waals surface area contributed by atoms with Gasteiger partial charge in [-0.05, 0) is 24.8 Å². The van der Waals surface area contributed by atoms with Crippen molar-refractivity contribution >= 4 is 12.0 Å². The van der Waals surface area contributed by atoms with Crippen LogP contribution in [0.2, 0.25) is 0 Å². The second-order valence-electron chi connectivity index (χ2n) is 10.5. The van der Waals surface area contributed by atoms with E-state index in [0.29, 0.717) is 31.9 Å². The zero-order valence-corrected chi connectivity index (χ0v) is 23.0. The number of hydrogen-bond acceptors (Lipinski definition) is 5. The summed E-state index contributed by atoms with van der Waals surface area (Å²) in [6.45, 7) is 1.90. The molecule has 1 saturated heterocycles. The van der Waals surface area contributed by atoms with Gasteiger partial charge in [0.1, 0.15) is 0 Å². The number of hydrogen-bond donors (Lipinski definition) is 1. The molecule has 0 bridgehead atoms. The lowest BCUT2D eigenvalue weighted by Gasteiger charge is -2.40. The summed E-state index contributed by atoms with van der Waals surface area (Å²) in [4.78, 5) is 34.1. The van der Waals surface area contributed by atoms with Crippen LogP contribution in [0.15, 0.2) is 67.0 Å². The van der Waals surface area contributed by atoms with E-state index in [4.69, 9.17) is 14.5 Å². The molecule has 2 amide bonds. The van der Waals surface area contributed by atoms with Crippen LogP contribution < -0.4 is 0 Å². The molecule has 2 fully saturated rings. The molecule has 3 aromatic rings. The van der Waals surface area contributed by atoms with Gasteiger partial charge in [0.2, 0.25) is 0 Å². The van der Waals surface area contributed by atoms with Crippen LogP contribution in [0.3, 0.4) is 0 Å². The Balaban J connectivity index is 1.49. The number of piperazine rings is 1. The molecule has 2 aliphatic rings. The maximum absolute atomic E-state index is 14.3. The summed E-state index contributed by atoms with van der Waals surface area (Å²) < 4.78 is 13.6. The average molecular weight is 547 g/mol. The molecule has 9 nitrogen and oxygen atoms in total. The van der Waals surface area contributed by atoms with E-state index in [1.54, 1.807) is 13.4 Å². The molecule has 0 unspecified atom stereocenters. The summed E-state index contributed by atoms with van der Waals surface area (Å²) in [5.41, 5.74) is 3.17. The molecule has 1 aromatic heterocycles. The number of nitrogens with zero attached hydrogens (tertiary/aromatic N) is 4. The van der Waals surface area contributed by atoms with E-state index in [0.717, 1.165) is 42.5 Å². The van der Waals surface area contributed by atoms with Crippen LogP contribution in [-0.2, 0) is 15.9 Å². The van der Waals surface area contributed by atoms with E-state index in [1.165, 1.54) is 4.90 Å². The summed E-state index contributed by atoms with van der Waals surface area (Å²) in [5, 5.41) is 9.69. The van der Waals surface area contributed by atoms with Crippen LogP contribution in [-0.4, -0.2) is 88.6 Å². The maximum Gasteiger partial charge on any atom is 0.407 e. The third-order valence-electron chi connectivity index (χ3n) is 8.02. The Morgan fingerprint density at radius 1 is 0.975 bits per heavy atom. The molecule has 9 heteroatoms. The van der Waals surface area contributed by atoms with Gasteiger partial charge in [0.25, 0.3) is 5.91 Å². The largest absolute Gasteiger partial charge is 0.465 e. The van der Waals surface area contributed by atoms with Gasteiger partial charge in [-0.15, -0.1) is 0 Å². The molecule has 1 N–H and O–H groups in total. The Morgan fingerprint density at radius 2 is 1.70 bits per heavy atom. The number of carbonyl (C=O) groups is 2. The van der Waals surface area contributed by atoms with Gasteiger partial charge >= 0.3 is 6.09 Å². The Morgan fingerprint density at radius 3 is 2.42 bits per heavy atom. The van der Waals surface area contributed by atoms with E-state index >= 15 is 0 Å². The van der Waals surface area contributed by atoms with Crippen LogP contribution in [0.1, 0.15) is 47.8 Å². The number of aromatic nitrogens is 2. The van der Waals surface area contributed by atoms with Crippen LogP contribution in [0.25, 0.3) is 11.3 Å². The quantitative estimate of drug-likeness (QED) is 0.389. The number of rotatable bonds is 9. The van der Waals surface area contributed by atoms with Crippen molar-refractivity contribution in [3.05, 3.63) is 78.2 Å². The number of carbonyl (C=O) groups excluding carboxylic acids is 1. The number of benzene rings is 2. The minimum atomic E-state index is -0.962. The molecule has 3 atom stereocenters.